The smallest absolute Gasteiger partial charge is 0.381 e. The normalized spacial score (nSPS) is 11.1. The van der Waals surface area contributed by atoms with Gasteiger partial charge in [0.15, 0.2) is 11.5 Å². The minimum atomic E-state index is -3.85. The fraction of sp³-hybridized carbons (Fsp3) is 0.222. The summed E-state index contributed by atoms with van der Waals surface area (Å²) in [4.78, 5) is 10.7. The molecule has 0 heterocycles. The highest BCUT2D eigenvalue weighted by Crippen LogP contribution is 2.34. The van der Waals surface area contributed by atoms with Crippen molar-refractivity contribution < 1.29 is 28.5 Å². The number of benzene rings is 1. The van der Waals surface area contributed by atoms with Gasteiger partial charge in [0.05, 0.1) is 7.11 Å². The number of hydrogen-bond donors (Lipinski definition) is 2. The van der Waals surface area contributed by atoms with Crippen LogP contribution >= 0.6 is 0 Å². The summed E-state index contributed by atoms with van der Waals surface area (Å²) >= 11 is 0. The Morgan fingerprint density at radius 2 is 1.93 bits per heavy atom. The van der Waals surface area contributed by atoms with E-state index < -0.39 is 29.0 Å². The Morgan fingerprint density at radius 3 is 2.40 bits per heavy atom. The fourth-order valence-corrected chi connectivity index (χ4v) is 0.965. The molecule has 1 aromatic rings. The van der Waals surface area contributed by atoms with Gasteiger partial charge in [-0.1, -0.05) is 0 Å². The molecule has 0 aromatic heterocycles. The van der Waals surface area contributed by atoms with Crippen molar-refractivity contribution in [2.75, 3.05) is 7.11 Å². The molecule has 0 aliphatic rings. The number of ether oxygens (including phenoxy) is 1. The molecule has 0 radical (unpaired) electrons. The Balaban J connectivity index is 3.16. The van der Waals surface area contributed by atoms with Gasteiger partial charge in [0.1, 0.15) is 0 Å². The SMILES string of the molecule is COC(=O)C(F)(F)c1ccc(O)c(O)c1. The summed E-state index contributed by atoms with van der Waals surface area (Å²) in [5.74, 6) is -6.84. The molecule has 4 nitrogen and oxygen atoms in total. The number of aromatic hydroxyl groups is 2. The van der Waals surface area contributed by atoms with Crippen LogP contribution in [-0.4, -0.2) is 23.3 Å². The summed E-state index contributed by atoms with van der Waals surface area (Å²) in [6, 6.07) is 2.29. The van der Waals surface area contributed by atoms with Gasteiger partial charge >= 0.3 is 11.9 Å². The second-order valence-electron chi connectivity index (χ2n) is 2.77. The lowest BCUT2D eigenvalue weighted by molar-refractivity contribution is -0.170. The van der Waals surface area contributed by atoms with Crippen molar-refractivity contribution in [2.24, 2.45) is 0 Å². The zero-order chi connectivity index (χ0) is 11.6. The van der Waals surface area contributed by atoms with Crippen molar-refractivity contribution in [1.29, 1.82) is 0 Å². The molecule has 0 saturated carbocycles. The molecule has 2 N–H and O–H groups in total. The van der Waals surface area contributed by atoms with Crippen LogP contribution in [0.3, 0.4) is 0 Å². The molecule has 1 aromatic carbocycles. The molecule has 0 saturated heterocycles. The molecular formula is C9H8F2O4. The number of rotatable bonds is 2. The van der Waals surface area contributed by atoms with E-state index in [1.54, 1.807) is 0 Å². The third-order valence-corrected chi connectivity index (χ3v) is 1.78. The zero-order valence-electron chi connectivity index (χ0n) is 7.70. The topological polar surface area (TPSA) is 66.8 Å². The second kappa shape index (κ2) is 3.72. The van der Waals surface area contributed by atoms with Crippen LogP contribution in [-0.2, 0) is 15.5 Å². The molecule has 1 rings (SSSR count). The third-order valence-electron chi connectivity index (χ3n) is 1.78. The fourth-order valence-electron chi connectivity index (χ4n) is 0.965. The van der Waals surface area contributed by atoms with Gasteiger partial charge in [-0.2, -0.15) is 8.78 Å². The minimum absolute atomic E-state index is 0.542. The van der Waals surface area contributed by atoms with Crippen LogP contribution in [0, 0.1) is 0 Å². The molecule has 0 spiro atoms. The van der Waals surface area contributed by atoms with E-state index in [-0.39, 0.29) is 0 Å². The highest BCUT2D eigenvalue weighted by Gasteiger charge is 2.42. The average Bonchev–Trinajstić information content (AvgIpc) is 2.20. The largest absolute Gasteiger partial charge is 0.504 e. The average molecular weight is 218 g/mol. The Hall–Kier alpha value is -1.85. The van der Waals surface area contributed by atoms with Crippen LogP contribution in [0.15, 0.2) is 18.2 Å². The number of halogens is 2. The highest BCUT2D eigenvalue weighted by molar-refractivity contribution is 5.79. The number of carbonyl (C=O) groups excluding carboxylic acids is 1. The van der Waals surface area contributed by atoms with Gasteiger partial charge in [-0.05, 0) is 18.2 Å². The van der Waals surface area contributed by atoms with Gasteiger partial charge in [-0.25, -0.2) is 4.79 Å². The Bertz CT molecular complexity index is 390. The monoisotopic (exact) mass is 218 g/mol. The quantitative estimate of drug-likeness (QED) is 0.581. The zero-order valence-corrected chi connectivity index (χ0v) is 7.70. The van der Waals surface area contributed by atoms with Crippen LogP contribution in [0.4, 0.5) is 8.78 Å². The predicted molar refractivity (Wildman–Crippen MR) is 45.7 cm³/mol. The first-order valence-electron chi connectivity index (χ1n) is 3.88. The van der Waals surface area contributed by atoms with Crippen LogP contribution < -0.4 is 0 Å². The van der Waals surface area contributed by atoms with E-state index in [9.17, 15) is 13.6 Å². The Labute approximate surface area is 83.7 Å². The predicted octanol–water partition coefficient (Wildman–Crippen LogP) is 1.36. The van der Waals surface area contributed by atoms with Crippen molar-refractivity contribution in [3.05, 3.63) is 23.8 Å². The molecule has 0 aliphatic carbocycles. The van der Waals surface area contributed by atoms with E-state index in [2.05, 4.69) is 4.74 Å². The third kappa shape index (κ3) is 1.98. The van der Waals surface area contributed by atoms with Crippen LogP contribution in [0.25, 0.3) is 0 Å². The van der Waals surface area contributed by atoms with E-state index in [1.807, 2.05) is 0 Å². The molecule has 0 unspecified atom stereocenters. The molecule has 0 amide bonds. The number of hydrogen-bond acceptors (Lipinski definition) is 4. The van der Waals surface area contributed by atoms with Crippen LogP contribution in [0.5, 0.6) is 11.5 Å². The lowest BCUT2D eigenvalue weighted by atomic mass is 10.1. The van der Waals surface area contributed by atoms with E-state index in [1.165, 1.54) is 0 Å². The summed E-state index contributed by atoms with van der Waals surface area (Å²) in [7, 11) is 0.830. The number of esters is 1. The number of phenols is 2. The summed E-state index contributed by atoms with van der Waals surface area (Å²) in [6.07, 6.45) is 0. The summed E-state index contributed by atoms with van der Waals surface area (Å²) < 4.78 is 30.3. The van der Waals surface area contributed by atoms with Gasteiger partial charge in [0.2, 0.25) is 0 Å². The molecule has 0 atom stereocenters. The number of phenolic OH excluding ortho intramolecular Hbond substituents is 2. The summed E-state index contributed by atoms with van der Waals surface area (Å²) in [5, 5.41) is 17.9. The number of methoxy groups -OCH3 is 1. The van der Waals surface area contributed by atoms with Crippen molar-refractivity contribution >= 4 is 5.97 Å². The lowest BCUT2D eigenvalue weighted by Crippen LogP contribution is -2.27. The minimum Gasteiger partial charge on any atom is -0.504 e. The molecule has 6 heteroatoms. The van der Waals surface area contributed by atoms with Crippen LogP contribution in [0.2, 0.25) is 0 Å². The van der Waals surface area contributed by atoms with E-state index in [0.29, 0.717) is 6.07 Å². The maximum Gasteiger partial charge on any atom is 0.381 e. The standard InChI is InChI=1S/C9H8F2O4/c1-15-8(14)9(10,11)5-2-3-6(12)7(13)4-5/h2-4,12-13H,1H3. The molecule has 0 aliphatic heterocycles. The van der Waals surface area contributed by atoms with Gasteiger partial charge in [-0.15, -0.1) is 0 Å². The maximum absolute atomic E-state index is 13.2. The summed E-state index contributed by atoms with van der Waals surface area (Å²) in [5.41, 5.74) is -0.746. The van der Waals surface area contributed by atoms with E-state index in [4.69, 9.17) is 10.2 Å². The molecule has 82 valence electrons. The molecule has 15 heavy (non-hydrogen) atoms. The molecule has 0 bridgehead atoms. The number of alkyl halides is 2. The Morgan fingerprint density at radius 1 is 1.33 bits per heavy atom. The van der Waals surface area contributed by atoms with Crippen LogP contribution in [0.1, 0.15) is 5.56 Å². The van der Waals surface area contributed by atoms with Gasteiger partial charge < -0.3 is 14.9 Å². The highest BCUT2D eigenvalue weighted by atomic mass is 19.3. The lowest BCUT2D eigenvalue weighted by Gasteiger charge is -2.14. The number of carbonyl (C=O) groups is 1. The summed E-state index contributed by atoms with van der Waals surface area (Å²) in [6.45, 7) is 0. The van der Waals surface area contributed by atoms with E-state index in [0.717, 1.165) is 19.2 Å². The molecule has 0 fully saturated rings. The second-order valence-corrected chi connectivity index (χ2v) is 2.77. The first-order chi connectivity index (χ1) is 6.89. The maximum atomic E-state index is 13.2. The Kier molecular flexibility index (Phi) is 2.78. The first-order valence-corrected chi connectivity index (χ1v) is 3.88. The first kappa shape index (κ1) is 11.2. The van der Waals surface area contributed by atoms with Gasteiger partial charge in [-0.3, -0.25) is 0 Å². The van der Waals surface area contributed by atoms with Crippen molar-refractivity contribution in [3.8, 4) is 11.5 Å². The van der Waals surface area contributed by atoms with Crippen molar-refractivity contribution in [1.82, 2.24) is 0 Å². The van der Waals surface area contributed by atoms with Crippen molar-refractivity contribution in [2.45, 2.75) is 5.92 Å². The van der Waals surface area contributed by atoms with Gasteiger partial charge in [0.25, 0.3) is 0 Å². The van der Waals surface area contributed by atoms with Gasteiger partial charge in [0, 0.05) is 5.56 Å². The van der Waals surface area contributed by atoms with Crippen molar-refractivity contribution in [3.63, 3.8) is 0 Å². The molecular weight excluding hydrogens is 210 g/mol. The van der Waals surface area contributed by atoms with E-state index >= 15 is 0 Å².